The zero-order valence-electron chi connectivity index (χ0n) is 18.3. The molecule has 2 N–H and O–H groups in total. The molecule has 0 saturated heterocycles. The number of carbonyl (C=O) groups is 2. The molecule has 6 nitrogen and oxygen atoms in total. The number of rotatable bonds is 8. The van der Waals surface area contributed by atoms with Gasteiger partial charge in [0.25, 0.3) is 0 Å². The maximum atomic E-state index is 12.1. The molecule has 0 bridgehead atoms. The predicted octanol–water partition coefficient (Wildman–Crippen LogP) is 5.36. The quantitative estimate of drug-likeness (QED) is 0.609. The number of carbonyl (C=O) groups excluding carboxylic acids is 1. The van der Waals surface area contributed by atoms with Crippen LogP contribution in [0.15, 0.2) is 42.5 Å². The van der Waals surface area contributed by atoms with E-state index in [1.165, 1.54) is 0 Å². The van der Waals surface area contributed by atoms with Crippen molar-refractivity contribution in [3.8, 4) is 16.9 Å². The van der Waals surface area contributed by atoms with Gasteiger partial charge in [-0.1, -0.05) is 37.3 Å². The van der Waals surface area contributed by atoms with Gasteiger partial charge >= 0.3 is 12.1 Å². The number of benzene rings is 2. The highest BCUT2D eigenvalue weighted by Crippen LogP contribution is 2.29. The Morgan fingerprint density at radius 1 is 1.10 bits per heavy atom. The van der Waals surface area contributed by atoms with Gasteiger partial charge in [0.1, 0.15) is 11.4 Å². The van der Waals surface area contributed by atoms with E-state index in [1.807, 2.05) is 70.2 Å². The molecule has 1 atom stereocenters. The van der Waals surface area contributed by atoms with Crippen molar-refractivity contribution < 1.29 is 24.2 Å². The van der Waals surface area contributed by atoms with Gasteiger partial charge in [-0.25, -0.2) is 4.79 Å². The second kappa shape index (κ2) is 10.1. The van der Waals surface area contributed by atoms with Crippen LogP contribution in [0.25, 0.3) is 11.1 Å². The van der Waals surface area contributed by atoms with E-state index in [2.05, 4.69) is 5.32 Å². The van der Waals surface area contributed by atoms with Gasteiger partial charge in [-0.2, -0.15) is 0 Å². The van der Waals surface area contributed by atoms with Gasteiger partial charge in [-0.05, 0) is 62.9 Å². The molecular formula is C24H31NO5. The summed E-state index contributed by atoms with van der Waals surface area (Å²) in [7, 11) is 0. The van der Waals surface area contributed by atoms with E-state index in [1.54, 1.807) is 6.92 Å². The molecule has 162 valence electrons. The van der Waals surface area contributed by atoms with E-state index >= 15 is 0 Å². The number of carboxylic acids is 1. The van der Waals surface area contributed by atoms with Gasteiger partial charge in [0, 0.05) is 12.1 Å². The Labute approximate surface area is 178 Å². The van der Waals surface area contributed by atoms with E-state index in [-0.39, 0.29) is 6.54 Å². The Morgan fingerprint density at radius 3 is 2.43 bits per heavy atom. The standard InChI is InChI=1S/C24H31NO5/c1-6-12-29-21-11-10-19(14-20(21)15-25-23(28)30-24(3,4)5)18-9-7-8-17(13-18)16(2)22(26)27/h7-11,13-14,16H,6,12,15H2,1-5H3,(H,25,28)(H,26,27). The molecule has 0 fully saturated rings. The minimum absolute atomic E-state index is 0.257. The highest BCUT2D eigenvalue weighted by Gasteiger charge is 2.17. The molecule has 0 aliphatic heterocycles. The van der Waals surface area contributed by atoms with Crippen LogP contribution in [0, 0.1) is 0 Å². The molecular weight excluding hydrogens is 382 g/mol. The van der Waals surface area contributed by atoms with Crippen LogP contribution in [0.4, 0.5) is 4.79 Å². The average molecular weight is 414 g/mol. The normalized spacial score (nSPS) is 12.2. The van der Waals surface area contributed by atoms with Crippen molar-refractivity contribution in [1.29, 1.82) is 0 Å². The summed E-state index contributed by atoms with van der Waals surface area (Å²) in [6.45, 7) is 9.97. The van der Waals surface area contributed by atoms with E-state index < -0.39 is 23.6 Å². The minimum Gasteiger partial charge on any atom is -0.493 e. The molecule has 0 saturated carbocycles. The topological polar surface area (TPSA) is 84.9 Å². The van der Waals surface area contributed by atoms with Crippen molar-refractivity contribution in [2.75, 3.05) is 6.61 Å². The van der Waals surface area contributed by atoms with Crippen LogP contribution in [-0.4, -0.2) is 29.4 Å². The largest absolute Gasteiger partial charge is 0.493 e. The summed E-state index contributed by atoms with van der Waals surface area (Å²) in [6, 6.07) is 13.2. The van der Waals surface area contributed by atoms with Gasteiger partial charge < -0.3 is 19.9 Å². The van der Waals surface area contributed by atoms with E-state index in [0.29, 0.717) is 12.4 Å². The lowest BCUT2D eigenvalue weighted by molar-refractivity contribution is -0.138. The van der Waals surface area contributed by atoms with Crippen molar-refractivity contribution >= 4 is 12.1 Å². The van der Waals surface area contributed by atoms with E-state index in [9.17, 15) is 14.7 Å². The molecule has 2 aromatic rings. The van der Waals surface area contributed by atoms with Gasteiger partial charge in [0.05, 0.1) is 12.5 Å². The maximum absolute atomic E-state index is 12.1. The zero-order valence-corrected chi connectivity index (χ0v) is 18.3. The number of alkyl carbamates (subject to hydrolysis) is 1. The van der Waals surface area contributed by atoms with Gasteiger partial charge in [0.15, 0.2) is 0 Å². The Bertz CT molecular complexity index is 885. The molecule has 2 aromatic carbocycles. The first-order valence-corrected chi connectivity index (χ1v) is 10.2. The third-order valence-electron chi connectivity index (χ3n) is 4.43. The molecule has 1 amide bonds. The molecule has 6 heteroatoms. The second-order valence-corrected chi connectivity index (χ2v) is 8.21. The SMILES string of the molecule is CCCOc1ccc(-c2cccc(C(C)C(=O)O)c2)cc1CNC(=O)OC(C)(C)C. The summed E-state index contributed by atoms with van der Waals surface area (Å²) in [5.74, 6) is -0.755. The first-order chi connectivity index (χ1) is 14.1. The third kappa shape index (κ3) is 6.79. The van der Waals surface area contributed by atoms with Crippen LogP contribution in [0.1, 0.15) is 58.1 Å². The molecule has 2 rings (SSSR count). The number of hydrogen-bond donors (Lipinski definition) is 2. The summed E-state index contributed by atoms with van der Waals surface area (Å²) in [5.41, 5.74) is 2.80. The highest BCUT2D eigenvalue weighted by molar-refractivity contribution is 5.77. The van der Waals surface area contributed by atoms with Crippen LogP contribution in [0.3, 0.4) is 0 Å². The number of aliphatic carboxylic acids is 1. The van der Waals surface area contributed by atoms with E-state index in [4.69, 9.17) is 9.47 Å². The Hall–Kier alpha value is -3.02. The van der Waals surface area contributed by atoms with Gasteiger partial charge in [-0.3, -0.25) is 4.79 Å². The maximum Gasteiger partial charge on any atom is 0.407 e. The summed E-state index contributed by atoms with van der Waals surface area (Å²) in [4.78, 5) is 23.4. The molecule has 30 heavy (non-hydrogen) atoms. The summed E-state index contributed by atoms with van der Waals surface area (Å²) in [6.07, 6.45) is 0.377. The lowest BCUT2D eigenvalue weighted by atomic mass is 9.95. The van der Waals surface area contributed by atoms with Gasteiger partial charge in [0.2, 0.25) is 0 Å². The summed E-state index contributed by atoms with van der Waals surface area (Å²) in [5, 5.41) is 12.1. The third-order valence-corrected chi connectivity index (χ3v) is 4.43. The first-order valence-electron chi connectivity index (χ1n) is 10.2. The minimum atomic E-state index is -0.863. The monoisotopic (exact) mass is 413 g/mol. The summed E-state index contributed by atoms with van der Waals surface area (Å²) >= 11 is 0. The molecule has 0 aliphatic carbocycles. The van der Waals surface area contributed by atoms with Crippen molar-refractivity contribution in [2.24, 2.45) is 0 Å². The van der Waals surface area contributed by atoms with Crippen LogP contribution < -0.4 is 10.1 Å². The van der Waals surface area contributed by atoms with Crippen molar-refractivity contribution in [2.45, 2.75) is 59.1 Å². The van der Waals surface area contributed by atoms with Crippen molar-refractivity contribution in [3.05, 3.63) is 53.6 Å². The summed E-state index contributed by atoms with van der Waals surface area (Å²) < 4.78 is 11.1. The Balaban J connectivity index is 2.30. The molecule has 1 unspecified atom stereocenters. The highest BCUT2D eigenvalue weighted by atomic mass is 16.6. The fraction of sp³-hybridized carbons (Fsp3) is 0.417. The fourth-order valence-corrected chi connectivity index (χ4v) is 2.86. The number of ether oxygens (including phenoxy) is 2. The second-order valence-electron chi connectivity index (χ2n) is 8.21. The average Bonchev–Trinajstić information content (AvgIpc) is 2.69. The van der Waals surface area contributed by atoms with Crippen molar-refractivity contribution in [3.63, 3.8) is 0 Å². The number of hydrogen-bond acceptors (Lipinski definition) is 4. The Morgan fingerprint density at radius 2 is 1.80 bits per heavy atom. The van der Waals surface area contributed by atoms with Crippen LogP contribution in [0.2, 0.25) is 0 Å². The lowest BCUT2D eigenvalue weighted by Crippen LogP contribution is -2.32. The van der Waals surface area contributed by atoms with Crippen LogP contribution >= 0.6 is 0 Å². The number of amides is 1. The fourth-order valence-electron chi connectivity index (χ4n) is 2.86. The first kappa shape index (κ1) is 23.3. The molecule has 0 aromatic heterocycles. The van der Waals surface area contributed by atoms with E-state index in [0.717, 1.165) is 28.7 Å². The number of nitrogens with one attached hydrogen (secondary N) is 1. The lowest BCUT2D eigenvalue weighted by Gasteiger charge is -2.20. The van der Waals surface area contributed by atoms with Crippen LogP contribution in [-0.2, 0) is 16.1 Å². The molecule has 0 aliphatic rings. The zero-order chi connectivity index (χ0) is 22.3. The molecule has 0 heterocycles. The van der Waals surface area contributed by atoms with Crippen molar-refractivity contribution in [1.82, 2.24) is 5.32 Å². The molecule has 0 radical (unpaired) electrons. The number of carboxylic acid groups (broad SMARTS) is 1. The van der Waals surface area contributed by atoms with Crippen LogP contribution in [0.5, 0.6) is 5.75 Å². The predicted molar refractivity (Wildman–Crippen MR) is 117 cm³/mol. The Kier molecular flexibility index (Phi) is 7.86. The molecule has 0 spiro atoms. The smallest absolute Gasteiger partial charge is 0.407 e. The van der Waals surface area contributed by atoms with Gasteiger partial charge in [-0.15, -0.1) is 0 Å².